The number of hydrogen-bond acceptors (Lipinski definition) is 5. The van der Waals surface area contributed by atoms with E-state index in [2.05, 4.69) is 4.98 Å². The summed E-state index contributed by atoms with van der Waals surface area (Å²) in [6.45, 7) is 6.65. The predicted molar refractivity (Wildman–Crippen MR) is 118 cm³/mol. The number of halogens is 1. The highest BCUT2D eigenvalue weighted by Gasteiger charge is 2.26. The Kier molecular flexibility index (Phi) is 4.81. The van der Waals surface area contributed by atoms with Gasteiger partial charge in [0.2, 0.25) is 5.78 Å². The zero-order valence-electron chi connectivity index (χ0n) is 18.1. The molecule has 31 heavy (non-hydrogen) atoms. The molecule has 0 saturated heterocycles. The molecule has 10 heteroatoms. The Hall–Kier alpha value is -3.33. The van der Waals surface area contributed by atoms with E-state index in [1.165, 1.54) is 25.5 Å². The first-order valence-corrected chi connectivity index (χ1v) is 10.0. The second-order valence-corrected chi connectivity index (χ2v) is 7.98. The van der Waals surface area contributed by atoms with Gasteiger partial charge in [-0.25, -0.2) is 9.36 Å². The smallest absolute Gasteiger partial charge is 0.333 e. The normalized spacial score (nSPS) is 12.6. The second kappa shape index (κ2) is 7.12. The third kappa shape index (κ3) is 2.83. The van der Waals surface area contributed by atoms with Crippen LogP contribution in [0.5, 0.6) is 5.75 Å². The zero-order valence-corrected chi connectivity index (χ0v) is 18.8. The highest BCUT2D eigenvalue weighted by molar-refractivity contribution is 6.30. The van der Waals surface area contributed by atoms with Gasteiger partial charge >= 0.3 is 5.69 Å². The summed E-state index contributed by atoms with van der Waals surface area (Å²) in [5.41, 5.74) is 1.54. The number of benzene rings is 1. The number of carbonyl (C=O) groups excluding carboxylic acids is 1. The number of aryl methyl sites for hydroxylation is 2. The van der Waals surface area contributed by atoms with Crippen molar-refractivity contribution in [1.82, 2.24) is 23.1 Å². The van der Waals surface area contributed by atoms with Crippen LogP contribution in [-0.2, 0) is 11.8 Å². The molecule has 0 radical (unpaired) electrons. The van der Waals surface area contributed by atoms with Gasteiger partial charge in [-0.05, 0) is 45.9 Å². The van der Waals surface area contributed by atoms with Crippen molar-refractivity contribution in [1.29, 1.82) is 0 Å². The lowest BCUT2D eigenvalue weighted by molar-refractivity contribution is -0.119. The van der Waals surface area contributed by atoms with Crippen LogP contribution in [0.4, 0.5) is 0 Å². The van der Waals surface area contributed by atoms with Crippen molar-refractivity contribution in [3.05, 3.63) is 55.4 Å². The molecule has 0 unspecified atom stereocenters. The molecule has 0 spiro atoms. The van der Waals surface area contributed by atoms with Crippen LogP contribution in [0.15, 0.2) is 27.8 Å². The number of aromatic nitrogens is 5. The molecule has 0 N–H and O–H groups in total. The molecular weight excluding hydrogens is 422 g/mol. The summed E-state index contributed by atoms with van der Waals surface area (Å²) in [6, 6.07) is 4.34. The maximum absolute atomic E-state index is 13.4. The molecule has 4 rings (SSSR count). The number of imidazole rings is 2. The highest BCUT2D eigenvalue weighted by Crippen LogP contribution is 2.32. The first-order valence-electron chi connectivity index (χ1n) is 9.66. The third-order valence-electron chi connectivity index (χ3n) is 5.83. The van der Waals surface area contributed by atoms with E-state index in [9.17, 15) is 14.4 Å². The first kappa shape index (κ1) is 20.9. The fourth-order valence-corrected chi connectivity index (χ4v) is 4.03. The van der Waals surface area contributed by atoms with Crippen LogP contribution >= 0.6 is 11.6 Å². The van der Waals surface area contributed by atoms with Gasteiger partial charge in [0.15, 0.2) is 16.9 Å². The van der Waals surface area contributed by atoms with Crippen LogP contribution in [0.25, 0.3) is 22.6 Å². The molecule has 0 saturated carbocycles. The molecule has 162 valence electrons. The summed E-state index contributed by atoms with van der Waals surface area (Å²) in [5, 5.41) is 0.515. The molecule has 0 amide bonds. The number of hydrogen-bond donors (Lipinski definition) is 0. The fraction of sp³-hybridized carbons (Fsp3) is 0.333. The maximum atomic E-state index is 13.4. The molecule has 0 bridgehead atoms. The van der Waals surface area contributed by atoms with Crippen LogP contribution in [0.3, 0.4) is 0 Å². The van der Waals surface area contributed by atoms with Crippen molar-refractivity contribution >= 4 is 34.3 Å². The van der Waals surface area contributed by atoms with E-state index in [0.29, 0.717) is 22.2 Å². The summed E-state index contributed by atoms with van der Waals surface area (Å²) in [6.07, 6.45) is 0. The van der Waals surface area contributed by atoms with Crippen LogP contribution < -0.4 is 16.0 Å². The zero-order chi connectivity index (χ0) is 22.8. The summed E-state index contributed by atoms with van der Waals surface area (Å²) >= 11 is 6.24. The van der Waals surface area contributed by atoms with Crippen molar-refractivity contribution in [3.8, 4) is 11.4 Å². The van der Waals surface area contributed by atoms with Gasteiger partial charge in [0.25, 0.3) is 5.56 Å². The quantitative estimate of drug-likeness (QED) is 0.483. The SMILES string of the molecule is COc1ccc(Cl)cc1-n1c(C)c(C)n2c3c(=O)n([C@H](C)C(C)=O)c(=O)n(C)c3nc12. The number of nitrogens with zero attached hydrogens (tertiary/aromatic N) is 5. The molecule has 3 heterocycles. The average molecular weight is 444 g/mol. The Balaban J connectivity index is 2.22. The van der Waals surface area contributed by atoms with Crippen LogP contribution in [0.1, 0.15) is 31.3 Å². The Morgan fingerprint density at radius 3 is 2.48 bits per heavy atom. The lowest BCUT2D eigenvalue weighted by Crippen LogP contribution is -2.42. The topological polar surface area (TPSA) is 92.5 Å². The Morgan fingerprint density at radius 1 is 1.19 bits per heavy atom. The Bertz CT molecular complexity index is 1500. The molecule has 0 aliphatic carbocycles. The molecule has 0 aliphatic heterocycles. The molecule has 1 atom stereocenters. The molecule has 0 aliphatic rings. The summed E-state index contributed by atoms with van der Waals surface area (Å²) in [7, 11) is 3.09. The second-order valence-electron chi connectivity index (χ2n) is 7.55. The van der Waals surface area contributed by atoms with E-state index < -0.39 is 17.3 Å². The van der Waals surface area contributed by atoms with Crippen molar-refractivity contribution in [2.45, 2.75) is 33.7 Å². The van der Waals surface area contributed by atoms with Gasteiger partial charge < -0.3 is 4.74 Å². The van der Waals surface area contributed by atoms with Crippen molar-refractivity contribution < 1.29 is 9.53 Å². The fourth-order valence-electron chi connectivity index (χ4n) is 3.87. The number of rotatable bonds is 4. The van der Waals surface area contributed by atoms with Gasteiger partial charge in [-0.2, -0.15) is 4.98 Å². The number of fused-ring (bicyclic) bond motifs is 3. The third-order valence-corrected chi connectivity index (χ3v) is 6.06. The van der Waals surface area contributed by atoms with E-state index in [1.54, 1.807) is 29.7 Å². The van der Waals surface area contributed by atoms with Gasteiger partial charge in [-0.3, -0.25) is 23.1 Å². The number of carbonyl (C=O) groups is 1. The first-order chi connectivity index (χ1) is 14.6. The van der Waals surface area contributed by atoms with Crippen LogP contribution in [0, 0.1) is 13.8 Å². The molecule has 0 fully saturated rings. The Morgan fingerprint density at radius 2 is 1.87 bits per heavy atom. The monoisotopic (exact) mass is 443 g/mol. The van der Waals surface area contributed by atoms with E-state index in [4.69, 9.17) is 16.3 Å². The Labute approximate surface area is 182 Å². The lowest BCUT2D eigenvalue weighted by Gasteiger charge is -2.13. The van der Waals surface area contributed by atoms with Gasteiger partial charge in [0, 0.05) is 23.5 Å². The minimum absolute atomic E-state index is 0.227. The minimum atomic E-state index is -0.891. The number of methoxy groups -OCH3 is 1. The number of ketones is 1. The molecule has 1 aromatic carbocycles. The highest BCUT2D eigenvalue weighted by atomic mass is 35.5. The van der Waals surface area contributed by atoms with E-state index >= 15 is 0 Å². The summed E-state index contributed by atoms with van der Waals surface area (Å²) in [4.78, 5) is 42.9. The van der Waals surface area contributed by atoms with Gasteiger partial charge in [0.05, 0.1) is 18.8 Å². The summed E-state index contributed by atoms with van der Waals surface area (Å²) in [5.74, 6) is 0.730. The summed E-state index contributed by atoms with van der Waals surface area (Å²) < 4.78 is 11.3. The molecule has 3 aromatic heterocycles. The lowest BCUT2D eigenvalue weighted by atomic mass is 10.2. The van der Waals surface area contributed by atoms with Crippen molar-refractivity contribution in [2.24, 2.45) is 7.05 Å². The van der Waals surface area contributed by atoms with Gasteiger partial charge in [-0.15, -0.1) is 0 Å². The largest absolute Gasteiger partial charge is 0.495 e. The molecule has 9 nitrogen and oxygen atoms in total. The van der Waals surface area contributed by atoms with E-state index in [0.717, 1.165) is 16.0 Å². The molecular formula is C21H22ClN5O4. The average Bonchev–Trinajstić information content (AvgIpc) is 3.22. The minimum Gasteiger partial charge on any atom is -0.495 e. The van der Waals surface area contributed by atoms with E-state index in [1.807, 2.05) is 18.4 Å². The van der Waals surface area contributed by atoms with E-state index in [-0.39, 0.29) is 16.9 Å². The van der Waals surface area contributed by atoms with Gasteiger partial charge in [-0.1, -0.05) is 11.6 Å². The maximum Gasteiger partial charge on any atom is 0.333 e. The predicted octanol–water partition coefficient (Wildman–Crippen LogP) is 2.57. The van der Waals surface area contributed by atoms with Crippen molar-refractivity contribution in [2.75, 3.05) is 7.11 Å². The van der Waals surface area contributed by atoms with Crippen molar-refractivity contribution in [3.63, 3.8) is 0 Å². The molecule has 4 aromatic rings. The van der Waals surface area contributed by atoms with Crippen LogP contribution in [0.2, 0.25) is 5.02 Å². The van der Waals surface area contributed by atoms with Crippen LogP contribution in [-0.4, -0.2) is 36.0 Å². The van der Waals surface area contributed by atoms with Gasteiger partial charge in [0.1, 0.15) is 5.75 Å². The standard InChI is InChI=1S/C21H22ClN5O4/c1-10-11(2)26-17-18(24(5)21(30)27(19(17)29)12(3)13(4)28)23-20(26)25(10)15-9-14(22)7-8-16(15)31-6/h7-9,12H,1-6H3/t12-/m1/s1. The number of ether oxygens (including phenoxy) is 1. The number of Topliss-reactive ketones (excluding diaryl/α,β-unsaturated/α-hetero) is 1.